The zero-order valence-electron chi connectivity index (χ0n) is 12.4. The second-order valence-corrected chi connectivity index (χ2v) is 6.09. The van der Waals surface area contributed by atoms with E-state index in [-0.39, 0.29) is 0 Å². The quantitative estimate of drug-likeness (QED) is 0.843. The molecule has 2 aromatic rings. The number of carbonyl (C=O) groups is 2. The van der Waals surface area contributed by atoms with E-state index in [0.29, 0.717) is 27.5 Å². The molecule has 7 heteroatoms. The molecule has 116 valence electrons. The maximum atomic E-state index is 11.9. The summed E-state index contributed by atoms with van der Waals surface area (Å²) in [7, 11) is -1.10. The zero-order chi connectivity index (χ0) is 16.3. The van der Waals surface area contributed by atoms with Crippen molar-refractivity contribution in [1.82, 2.24) is 10.9 Å². The number of benzene rings is 1. The normalized spacial score (nSPS) is 11.8. The summed E-state index contributed by atoms with van der Waals surface area (Å²) >= 11 is 0. The van der Waals surface area contributed by atoms with Gasteiger partial charge >= 0.3 is 0 Å². The molecule has 2 N–H and O–H groups in total. The van der Waals surface area contributed by atoms with Gasteiger partial charge in [0, 0.05) is 27.5 Å². The van der Waals surface area contributed by atoms with Crippen molar-refractivity contribution < 1.29 is 18.2 Å². The Morgan fingerprint density at radius 1 is 1.05 bits per heavy atom. The van der Waals surface area contributed by atoms with Crippen LogP contribution in [0.4, 0.5) is 0 Å². The van der Waals surface area contributed by atoms with Gasteiger partial charge in [-0.15, -0.1) is 0 Å². The Bertz CT molecular complexity index is 735. The summed E-state index contributed by atoms with van der Waals surface area (Å²) in [5.41, 5.74) is 5.38. The molecule has 0 fully saturated rings. The summed E-state index contributed by atoms with van der Waals surface area (Å²) in [5, 5.41) is 0. The van der Waals surface area contributed by atoms with Gasteiger partial charge in [0.1, 0.15) is 11.5 Å². The molecule has 0 aliphatic rings. The van der Waals surface area contributed by atoms with E-state index < -0.39 is 22.6 Å². The number of aryl methyl sites for hydroxylation is 2. The van der Waals surface area contributed by atoms with Crippen molar-refractivity contribution in [3.8, 4) is 0 Å². The number of hydrazine groups is 1. The Labute approximate surface area is 130 Å². The average molecular weight is 320 g/mol. The first-order chi connectivity index (χ1) is 10.4. The summed E-state index contributed by atoms with van der Waals surface area (Å²) in [6.07, 6.45) is 1.56. The van der Waals surface area contributed by atoms with Gasteiger partial charge in [-0.3, -0.25) is 24.6 Å². The number of hydrogen-bond donors (Lipinski definition) is 2. The minimum absolute atomic E-state index is 0.356. The topological polar surface area (TPSA) is 88.4 Å². The molecule has 1 aromatic heterocycles. The smallest absolute Gasteiger partial charge is 0.273 e. The fourth-order valence-corrected chi connectivity index (χ4v) is 2.43. The van der Waals surface area contributed by atoms with E-state index in [9.17, 15) is 13.8 Å². The van der Waals surface area contributed by atoms with Crippen molar-refractivity contribution in [1.29, 1.82) is 0 Å². The molecule has 0 aliphatic heterocycles. The SMILES string of the molecule is Cc1cc(C(=O)NNC(=O)c2ccc([S@@](C)=O)cc2)c(C)o1. The van der Waals surface area contributed by atoms with E-state index in [1.807, 2.05) is 0 Å². The van der Waals surface area contributed by atoms with Crippen molar-refractivity contribution >= 4 is 22.6 Å². The van der Waals surface area contributed by atoms with Crippen LogP contribution in [0.25, 0.3) is 0 Å². The van der Waals surface area contributed by atoms with Crippen LogP contribution in [0, 0.1) is 13.8 Å². The van der Waals surface area contributed by atoms with Gasteiger partial charge in [0.2, 0.25) is 0 Å². The van der Waals surface area contributed by atoms with Gasteiger partial charge in [-0.05, 0) is 44.2 Å². The lowest BCUT2D eigenvalue weighted by molar-refractivity contribution is 0.0845. The van der Waals surface area contributed by atoms with Crippen LogP contribution in [0.1, 0.15) is 32.2 Å². The molecule has 0 saturated heterocycles. The second kappa shape index (κ2) is 6.57. The molecule has 1 atom stereocenters. The lowest BCUT2D eigenvalue weighted by Crippen LogP contribution is -2.41. The van der Waals surface area contributed by atoms with Crippen molar-refractivity contribution in [2.45, 2.75) is 18.7 Å². The third kappa shape index (κ3) is 3.62. The van der Waals surface area contributed by atoms with E-state index in [1.54, 1.807) is 50.4 Å². The van der Waals surface area contributed by atoms with Crippen LogP contribution in [0.5, 0.6) is 0 Å². The molecule has 0 spiro atoms. The van der Waals surface area contributed by atoms with Gasteiger partial charge in [-0.2, -0.15) is 0 Å². The molecule has 0 aliphatic carbocycles. The van der Waals surface area contributed by atoms with E-state index in [4.69, 9.17) is 4.42 Å². The van der Waals surface area contributed by atoms with Gasteiger partial charge in [0.15, 0.2) is 0 Å². The first-order valence-corrected chi connectivity index (χ1v) is 8.05. The Morgan fingerprint density at radius 3 is 2.14 bits per heavy atom. The highest BCUT2D eigenvalue weighted by Crippen LogP contribution is 2.13. The first kappa shape index (κ1) is 16.0. The molecule has 22 heavy (non-hydrogen) atoms. The van der Waals surface area contributed by atoms with Gasteiger partial charge < -0.3 is 4.42 Å². The first-order valence-electron chi connectivity index (χ1n) is 6.49. The monoisotopic (exact) mass is 320 g/mol. The maximum absolute atomic E-state index is 11.9. The minimum Gasteiger partial charge on any atom is -0.466 e. The average Bonchev–Trinajstić information content (AvgIpc) is 2.83. The van der Waals surface area contributed by atoms with E-state index in [1.165, 1.54) is 0 Å². The molecular formula is C15H16N2O4S. The Hall–Kier alpha value is -2.41. The number of furan rings is 1. The van der Waals surface area contributed by atoms with Crippen molar-refractivity contribution in [3.63, 3.8) is 0 Å². The standard InChI is InChI=1S/C15H16N2O4S/c1-9-8-13(10(2)21-9)15(19)17-16-14(18)11-4-6-12(7-5-11)22(3)20/h4-8H,1-3H3,(H,16,18)(H,17,19)/t22-/m1/s1. The van der Waals surface area contributed by atoms with E-state index >= 15 is 0 Å². The largest absolute Gasteiger partial charge is 0.466 e. The number of amides is 2. The minimum atomic E-state index is -1.10. The molecule has 6 nitrogen and oxygen atoms in total. The second-order valence-electron chi connectivity index (χ2n) is 4.71. The number of nitrogens with one attached hydrogen (secondary N) is 2. The third-order valence-electron chi connectivity index (χ3n) is 3.02. The number of rotatable bonds is 3. The van der Waals surface area contributed by atoms with Crippen LogP contribution in [0.15, 0.2) is 39.6 Å². The van der Waals surface area contributed by atoms with Crippen LogP contribution in [0.3, 0.4) is 0 Å². The van der Waals surface area contributed by atoms with Gasteiger partial charge in [0.05, 0.1) is 5.56 Å². The van der Waals surface area contributed by atoms with Crippen LogP contribution in [-0.4, -0.2) is 22.3 Å². The fourth-order valence-electron chi connectivity index (χ4n) is 1.91. The molecule has 0 saturated carbocycles. The van der Waals surface area contributed by atoms with Gasteiger partial charge in [0.25, 0.3) is 11.8 Å². The molecule has 2 rings (SSSR count). The molecule has 1 aromatic carbocycles. The molecule has 2 amide bonds. The van der Waals surface area contributed by atoms with Crippen LogP contribution in [-0.2, 0) is 10.8 Å². The molecule has 1 heterocycles. The van der Waals surface area contributed by atoms with Crippen LogP contribution < -0.4 is 10.9 Å². The molecule has 0 unspecified atom stereocenters. The van der Waals surface area contributed by atoms with Crippen LogP contribution >= 0.6 is 0 Å². The Balaban J connectivity index is 1.99. The highest BCUT2D eigenvalue weighted by molar-refractivity contribution is 7.84. The highest BCUT2D eigenvalue weighted by Gasteiger charge is 2.14. The Morgan fingerprint density at radius 2 is 1.64 bits per heavy atom. The lowest BCUT2D eigenvalue weighted by atomic mass is 10.2. The van der Waals surface area contributed by atoms with Crippen molar-refractivity contribution in [2.24, 2.45) is 0 Å². The zero-order valence-corrected chi connectivity index (χ0v) is 13.2. The summed E-state index contributed by atoms with van der Waals surface area (Å²) in [6, 6.07) is 7.91. The third-order valence-corrected chi connectivity index (χ3v) is 3.96. The van der Waals surface area contributed by atoms with E-state index in [2.05, 4.69) is 10.9 Å². The number of hydrogen-bond acceptors (Lipinski definition) is 4. The Kier molecular flexibility index (Phi) is 4.77. The number of carbonyl (C=O) groups excluding carboxylic acids is 2. The summed E-state index contributed by atoms with van der Waals surface area (Å²) in [6.45, 7) is 3.41. The van der Waals surface area contributed by atoms with Crippen LogP contribution in [0.2, 0.25) is 0 Å². The summed E-state index contributed by atoms with van der Waals surface area (Å²) in [4.78, 5) is 24.5. The molecule has 0 bridgehead atoms. The maximum Gasteiger partial charge on any atom is 0.273 e. The summed E-state index contributed by atoms with van der Waals surface area (Å²) < 4.78 is 16.5. The van der Waals surface area contributed by atoms with Gasteiger partial charge in [-0.1, -0.05) is 0 Å². The highest BCUT2D eigenvalue weighted by atomic mass is 32.2. The van der Waals surface area contributed by atoms with E-state index in [0.717, 1.165) is 0 Å². The van der Waals surface area contributed by atoms with Gasteiger partial charge in [-0.25, -0.2) is 0 Å². The van der Waals surface area contributed by atoms with Crippen molar-refractivity contribution in [3.05, 3.63) is 53.0 Å². The predicted molar refractivity (Wildman–Crippen MR) is 81.9 cm³/mol. The summed E-state index contributed by atoms with van der Waals surface area (Å²) in [5.74, 6) is 0.199. The lowest BCUT2D eigenvalue weighted by Gasteiger charge is -2.07. The van der Waals surface area contributed by atoms with Crippen molar-refractivity contribution in [2.75, 3.05) is 6.26 Å². The molecule has 0 radical (unpaired) electrons. The predicted octanol–water partition coefficient (Wildman–Crippen LogP) is 1.71. The fraction of sp³-hybridized carbons (Fsp3) is 0.200. The molecular weight excluding hydrogens is 304 g/mol.